The Kier molecular flexibility index (Phi) is 5.65. The van der Waals surface area contributed by atoms with E-state index >= 15 is 0 Å². The second-order valence-electron chi connectivity index (χ2n) is 6.53. The first-order chi connectivity index (χ1) is 12.2. The van der Waals surface area contributed by atoms with Gasteiger partial charge in [-0.05, 0) is 59.6 Å². The topological polar surface area (TPSA) is 0 Å². The van der Waals surface area contributed by atoms with Crippen LogP contribution in [0.4, 0.5) is 4.39 Å². The van der Waals surface area contributed by atoms with E-state index in [-0.39, 0.29) is 5.82 Å². The zero-order valence-corrected chi connectivity index (χ0v) is 15.1. The van der Waals surface area contributed by atoms with Gasteiger partial charge < -0.3 is 0 Å². The molecule has 0 aliphatic rings. The Morgan fingerprint density at radius 2 is 1.08 bits per heavy atom. The molecule has 3 aromatic rings. The number of rotatable bonds is 6. The lowest BCUT2D eigenvalue weighted by atomic mass is 9.98. The third kappa shape index (κ3) is 4.36. The van der Waals surface area contributed by atoms with Crippen LogP contribution in [0.15, 0.2) is 66.7 Å². The molecule has 0 aliphatic heterocycles. The average Bonchev–Trinajstić information content (AvgIpc) is 2.67. The molecule has 1 heteroatoms. The fourth-order valence-corrected chi connectivity index (χ4v) is 3.09. The molecule has 0 spiro atoms. The van der Waals surface area contributed by atoms with Gasteiger partial charge in [0.25, 0.3) is 0 Å². The number of hydrogen-bond donors (Lipinski definition) is 0. The lowest BCUT2D eigenvalue weighted by Gasteiger charge is -2.08. The van der Waals surface area contributed by atoms with Crippen molar-refractivity contribution in [1.29, 1.82) is 0 Å². The number of hydrogen-bond acceptors (Lipinski definition) is 0. The van der Waals surface area contributed by atoms with Crippen LogP contribution in [0.3, 0.4) is 0 Å². The number of benzene rings is 3. The van der Waals surface area contributed by atoms with Gasteiger partial charge in [-0.15, -0.1) is 0 Å². The second-order valence-corrected chi connectivity index (χ2v) is 6.53. The van der Waals surface area contributed by atoms with Crippen molar-refractivity contribution in [3.8, 4) is 11.1 Å². The summed E-state index contributed by atoms with van der Waals surface area (Å²) >= 11 is 0. The monoisotopic (exact) mass is 332 g/mol. The van der Waals surface area contributed by atoms with Gasteiger partial charge in [-0.3, -0.25) is 0 Å². The molecule has 0 bridgehead atoms. The maximum absolute atomic E-state index is 14.3. The van der Waals surface area contributed by atoms with E-state index in [1.165, 1.54) is 16.7 Å². The highest BCUT2D eigenvalue weighted by molar-refractivity contribution is 5.64. The molecule has 0 radical (unpaired) electrons. The van der Waals surface area contributed by atoms with E-state index in [9.17, 15) is 4.39 Å². The van der Waals surface area contributed by atoms with Gasteiger partial charge in [0, 0.05) is 5.56 Å². The van der Waals surface area contributed by atoms with Gasteiger partial charge in [0.05, 0.1) is 0 Å². The summed E-state index contributed by atoms with van der Waals surface area (Å²) in [5, 5.41) is 0. The van der Waals surface area contributed by atoms with Crippen molar-refractivity contribution in [3.63, 3.8) is 0 Å². The van der Waals surface area contributed by atoms with Crippen molar-refractivity contribution in [2.24, 2.45) is 0 Å². The predicted molar refractivity (Wildman–Crippen MR) is 104 cm³/mol. The van der Waals surface area contributed by atoms with Crippen LogP contribution in [0, 0.1) is 5.82 Å². The molecule has 0 amide bonds. The van der Waals surface area contributed by atoms with Gasteiger partial charge in [0.15, 0.2) is 0 Å². The molecular weight excluding hydrogens is 307 g/mol. The van der Waals surface area contributed by atoms with Crippen LogP contribution in [0.2, 0.25) is 0 Å². The van der Waals surface area contributed by atoms with E-state index in [1.807, 2.05) is 31.2 Å². The Labute approximate surface area is 150 Å². The minimum Gasteiger partial charge on any atom is -0.206 e. The highest BCUT2D eigenvalue weighted by Gasteiger charge is 2.06. The van der Waals surface area contributed by atoms with Crippen LogP contribution in [0.5, 0.6) is 0 Å². The van der Waals surface area contributed by atoms with Crippen molar-refractivity contribution in [1.82, 2.24) is 0 Å². The Balaban J connectivity index is 1.67. The van der Waals surface area contributed by atoms with Crippen LogP contribution in [0.25, 0.3) is 11.1 Å². The largest absolute Gasteiger partial charge is 0.206 e. The van der Waals surface area contributed by atoms with Crippen molar-refractivity contribution in [3.05, 3.63) is 94.8 Å². The molecule has 128 valence electrons. The lowest BCUT2D eigenvalue weighted by molar-refractivity contribution is 0.629. The average molecular weight is 332 g/mol. The van der Waals surface area contributed by atoms with Crippen molar-refractivity contribution in [2.45, 2.75) is 39.5 Å². The molecule has 0 saturated carbocycles. The molecule has 0 aliphatic carbocycles. The normalized spacial score (nSPS) is 10.8. The molecule has 0 fully saturated rings. The maximum atomic E-state index is 14.3. The van der Waals surface area contributed by atoms with Crippen molar-refractivity contribution in [2.75, 3.05) is 0 Å². The molecule has 0 unspecified atom stereocenters. The first kappa shape index (κ1) is 17.4. The first-order valence-electron chi connectivity index (χ1n) is 9.15. The number of halogens is 1. The minimum absolute atomic E-state index is 0.136. The molecule has 0 N–H and O–H groups in total. The Bertz CT molecular complexity index is 814. The molecule has 3 rings (SSSR count). The highest BCUT2D eigenvalue weighted by Crippen LogP contribution is 2.24. The smallest absolute Gasteiger partial charge is 0.131 e. The predicted octanol–water partition coefficient (Wildman–Crippen LogP) is 6.40. The summed E-state index contributed by atoms with van der Waals surface area (Å²) in [6, 6.07) is 22.7. The van der Waals surface area contributed by atoms with Gasteiger partial charge in [0.1, 0.15) is 5.82 Å². The Morgan fingerprint density at radius 3 is 1.60 bits per heavy atom. The Morgan fingerprint density at radius 1 is 0.600 bits per heavy atom. The fraction of sp³-hybridized carbons (Fsp3) is 0.250. The number of aryl methyl sites for hydroxylation is 4. The minimum atomic E-state index is -0.136. The molecule has 0 saturated heterocycles. The SMILES string of the molecule is CCc1ccc(CCc2ccc(-c3ccc(CC)cc3F)cc2)cc1. The van der Waals surface area contributed by atoms with Gasteiger partial charge in [-0.2, -0.15) is 0 Å². The highest BCUT2D eigenvalue weighted by atomic mass is 19.1. The molecule has 25 heavy (non-hydrogen) atoms. The van der Waals surface area contributed by atoms with E-state index in [0.717, 1.165) is 36.8 Å². The standard InChI is InChI=1S/C24H25F/c1-3-18-5-7-20(8-6-18)9-10-21-11-14-22(15-12-21)23-16-13-19(4-2)17-24(23)25/h5-8,11-17H,3-4,9-10H2,1-2H3. The van der Waals surface area contributed by atoms with Crippen LogP contribution < -0.4 is 0 Å². The van der Waals surface area contributed by atoms with Crippen LogP contribution >= 0.6 is 0 Å². The summed E-state index contributed by atoms with van der Waals surface area (Å²) in [5.41, 5.74) is 6.68. The van der Waals surface area contributed by atoms with Gasteiger partial charge in [0.2, 0.25) is 0 Å². The van der Waals surface area contributed by atoms with E-state index in [0.29, 0.717) is 5.56 Å². The van der Waals surface area contributed by atoms with Crippen molar-refractivity contribution < 1.29 is 4.39 Å². The lowest BCUT2D eigenvalue weighted by Crippen LogP contribution is -1.93. The second kappa shape index (κ2) is 8.11. The Hall–Kier alpha value is -2.41. The molecule has 0 atom stereocenters. The van der Waals surface area contributed by atoms with Gasteiger partial charge in [-0.1, -0.05) is 74.5 Å². The summed E-state index contributed by atoms with van der Waals surface area (Å²) < 4.78 is 14.3. The van der Waals surface area contributed by atoms with Crippen LogP contribution in [0.1, 0.15) is 36.1 Å². The molecule has 3 aromatic carbocycles. The zero-order valence-electron chi connectivity index (χ0n) is 15.1. The summed E-state index contributed by atoms with van der Waals surface area (Å²) in [7, 11) is 0. The molecule has 0 aromatic heterocycles. The van der Waals surface area contributed by atoms with Crippen LogP contribution in [-0.2, 0) is 25.7 Å². The quantitative estimate of drug-likeness (QED) is 0.490. The van der Waals surface area contributed by atoms with Crippen molar-refractivity contribution >= 4 is 0 Å². The fourth-order valence-electron chi connectivity index (χ4n) is 3.09. The van der Waals surface area contributed by atoms with Crippen LogP contribution in [-0.4, -0.2) is 0 Å². The van der Waals surface area contributed by atoms with Gasteiger partial charge in [-0.25, -0.2) is 4.39 Å². The zero-order chi connectivity index (χ0) is 17.6. The van der Waals surface area contributed by atoms with E-state index < -0.39 is 0 Å². The molecular formula is C24H25F. The maximum Gasteiger partial charge on any atom is 0.131 e. The summed E-state index contributed by atoms with van der Waals surface area (Å²) in [4.78, 5) is 0. The van der Waals surface area contributed by atoms with E-state index in [4.69, 9.17) is 0 Å². The molecule has 0 nitrogen and oxygen atoms in total. The third-order valence-electron chi connectivity index (χ3n) is 4.84. The first-order valence-corrected chi connectivity index (χ1v) is 9.15. The summed E-state index contributed by atoms with van der Waals surface area (Å²) in [6.45, 7) is 4.22. The van der Waals surface area contributed by atoms with E-state index in [1.54, 1.807) is 6.07 Å². The van der Waals surface area contributed by atoms with E-state index in [2.05, 4.69) is 43.3 Å². The third-order valence-corrected chi connectivity index (χ3v) is 4.84. The summed E-state index contributed by atoms with van der Waals surface area (Å²) in [6.07, 6.45) is 3.97. The molecule has 0 heterocycles. The van der Waals surface area contributed by atoms with Gasteiger partial charge >= 0.3 is 0 Å². The summed E-state index contributed by atoms with van der Waals surface area (Å²) in [5.74, 6) is -0.136.